The molecule has 1 aromatic heterocycles. The molecule has 1 fully saturated rings. The highest BCUT2D eigenvalue weighted by Crippen LogP contribution is 2.30. The van der Waals surface area contributed by atoms with E-state index in [4.69, 9.17) is 4.42 Å². The van der Waals surface area contributed by atoms with E-state index in [0.29, 0.717) is 11.3 Å². The number of hydrogen-bond acceptors (Lipinski definition) is 5. The van der Waals surface area contributed by atoms with Crippen LogP contribution in [0.1, 0.15) is 18.2 Å². The summed E-state index contributed by atoms with van der Waals surface area (Å²) in [6.07, 6.45) is 1.46. The third-order valence-electron chi connectivity index (χ3n) is 4.27. The summed E-state index contributed by atoms with van der Waals surface area (Å²) in [5, 5.41) is 5.08. The summed E-state index contributed by atoms with van der Waals surface area (Å²) in [5.41, 5.74) is -1.06. The number of carbonyl (C=O) groups excluding carboxylic acids is 3. The van der Waals surface area contributed by atoms with Crippen molar-refractivity contribution in [3.05, 3.63) is 54.0 Å². The summed E-state index contributed by atoms with van der Waals surface area (Å²) >= 11 is 0. The monoisotopic (exact) mass is 393 g/mol. The number of urea groups is 1. The third kappa shape index (κ3) is 3.95. The van der Waals surface area contributed by atoms with Crippen molar-refractivity contribution in [2.24, 2.45) is 0 Å². The quantitative estimate of drug-likeness (QED) is 0.701. The van der Waals surface area contributed by atoms with Crippen LogP contribution < -0.4 is 15.4 Å². The van der Waals surface area contributed by atoms with Crippen LogP contribution in [0.2, 0.25) is 0 Å². The molecule has 2 heterocycles. The Hall–Kier alpha value is -3.43. The first kappa shape index (κ1) is 19.3. The maximum Gasteiger partial charge on any atom is 0.387 e. The molecule has 3 rings (SSSR count). The molecule has 0 spiro atoms. The van der Waals surface area contributed by atoms with E-state index < -0.39 is 36.5 Å². The molecule has 10 heteroatoms. The number of alkyl halides is 2. The molecule has 148 valence electrons. The molecule has 28 heavy (non-hydrogen) atoms. The molecule has 1 atom stereocenters. The molecule has 4 amide bonds. The van der Waals surface area contributed by atoms with Gasteiger partial charge in [0.05, 0.1) is 12.8 Å². The van der Waals surface area contributed by atoms with Gasteiger partial charge in [0.25, 0.3) is 5.91 Å². The number of hydrogen-bond donors (Lipinski definition) is 2. The lowest BCUT2D eigenvalue weighted by Gasteiger charge is -2.22. The highest BCUT2D eigenvalue weighted by molar-refractivity contribution is 6.09. The number of halogens is 2. The van der Waals surface area contributed by atoms with E-state index in [1.54, 1.807) is 12.1 Å². The largest absolute Gasteiger partial charge is 0.467 e. The van der Waals surface area contributed by atoms with Crippen LogP contribution in [0, 0.1) is 0 Å². The summed E-state index contributed by atoms with van der Waals surface area (Å²) < 4.78 is 33.9. The molecule has 1 aliphatic rings. The summed E-state index contributed by atoms with van der Waals surface area (Å²) in [4.78, 5) is 37.8. The highest BCUT2D eigenvalue weighted by Gasteiger charge is 2.49. The van der Waals surface area contributed by atoms with Crippen LogP contribution in [0.3, 0.4) is 0 Å². The summed E-state index contributed by atoms with van der Waals surface area (Å²) in [5.74, 6) is -0.715. The summed E-state index contributed by atoms with van der Waals surface area (Å²) in [7, 11) is 0. The van der Waals surface area contributed by atoms with Gasteiger partial charge in [-0.3, -0.25) is 14.5 Å². The van der Waals surface area contributed by atoms with E-state index in [-0.39, 0.29) is 12.3 Å². The van der Waals surface area contributed by atoms with Crippen molar-refractivity contribution < 1.29 is 32.3 Å². The number of benzene rings is 1. The second-order valence-corrected chi connectivity index (χ2v) is 6.21. The molecule has 0 bridgehead atoms. The van der Waals surface area contributed by atoms with Crippen LogP contribution in [0.15, 0.2) is 47.1 Å². The van der Waals surface area contributed by atoms with Gasteiger partial charge in [0.1, 0.15) is 23.6 Å². The Bertz CT molecular complexity index is 870. The van der Waals surface area contributed by atoms with Gasteiger partial charge < -0.3 is 19.8 Å². The molecule has 2 N–H and O–H groups in total. The first-order valence-electron chi connectivity index (χ1n) is 8.28. The number of amides is 4. The zero-order valence-corrected chi connectivity index (χ0v) is 14.8. The molecule has 1 aliphatic heterocycles. The van der Waals surface area contributed by atoms with Gasteiger partial charge in [-0.15, -0.1) is 0 Å². The first-order valence-corrected chi connectivity index (χ1v) is 8.28. The molecule has 2 aromatic rings. The van der Waals surface area contributed by atoms with Gasteiger partial charge in [0.2, 0.25) is 5.91 Å². The van der Waals surface area contributed by atoms with Crippen LogP contribution in [0.25, 0.3) is 0 Å². The number of nitrogens with one attached hydrogen (secondary N) is 2. The highest BCUT2D eigenvalue weighted by atomic mass is 19.3. The molecule has 0 unspecified atom stereocenters. The van der Waals surface area contributed by atoms with Crippen molar-refractivity contribution >= 4 is 17.8 Å². The summed E-state index contributed by atoms with van der Waals surface area (Å²) in [6, 6.07) is 7.95. The van der Waals surface area contributed by atoms with Crippen LogP contribution in [0.5, 0.6) is 5.75 Å². The number of furan rings is 1. The predicted molar refractivity (Wildman–Crippen MR) is 91.2 cm³/mol. The minimum absolute atomic E-state index is 0.0757. The van der Waals surface area contributed by atoms with Crippen molar-refractivity contribution in [1.82, 2.24) is 15.5 Å². The molecule has 0 radical (unpaired) electrons. The number of carbonyl (C=O) groups is 3. The molecule has 1 saturated heterocycles. The van der Waals surface area contributed by atoms with Gasteiger partial charge >= 0.3 is 12.6 Å². The maximum absolute atomic E-state index is 12.8. The normalized spacial score (nSPS) is 19.1. The minimum Gasteiger partial charge on any atom is -0.467 e. The molecule has 0 aliphatic carbocycles. The Kier molecular flexibility index (Phi) is 5.30. The van der Waals surface area contributed by atoms with E-state index in [1.165, 1.54) is 37.5 Å². The number of nitrogens with zero attached hydrogens (tertiary/aromatic N) is 1. The second kappa shape index (κ2) is 7.67. The first-order chi connectivity index (χ1) is 13.3. The van der Waals surface area contributed by atoms with E-state index in [0.717, 1.165) is 4.90 Å². The topological polar surface area (TPSA) is 101 Å². The van der Waals surface area contributed by atoms with Crippen molar-refractivity contribution in [3.63, 3.8) is 0 Å². The van der Waals surface area contributed by atoms with Crippen molar-refractivity contribution in [1.29, 1.82) is 0 Å². The average Bonchev–Trinajstić information content (AvgIpc) is 3.23. The van der Waals surface area contributed by atoms with E-state index in [1.807, 2.05) is 0 Å². The lowest BCUT2D eigenvalue weighted by molar-refractivity contribution is -0.134. The zero-order chi connectivity index (χ0) is 20.3. The standard InChI is InChI=1S/C18H17F2N3O5/c1-18(11-4-6-12(7-5-11)28-16(19)20)15(25)23(17(26)22-18)10-14(24)21-9-13-3-2-8-27-13/h2-8,16H,9-10H2,1H3,(H,21,24)(H,22,26)/t18-/m0/s1. The van der Waals surface area contributed by atoms with Crippen LogP contribution >= 0.6 is 0 Å². The van der Waals surface area contributed by atoms with Gasteiger partial charge in [-0.05, 0) is 36.8 Å². The van der Waals surface area contributed by atoms with Crippen molar-refractivity contribution in [2.45, 2.75) is 25.6 Å². The maximum atomic E-state index is 12.8. The average molecular weight is 393 g/mol. The Morgan fingerprint density at radius 1 is 1.29 bits per heavy atom. The van der Waals surface area contributed by atoms with Crippen LogP contribution in [0.4, 0.5) is 13.6 Å². The smallest absolute Gasteiger partial charge is 0.387 e. The SMILES string of the molecule is C[C@@]1(c2ccc(OC(F)F)cc2)NC(=O)N(CC(=O)NCc2ccco2)C1=O. The minimum atomic E-state index is -2.97. The van der Waals surface area contributed by atoms with Gasteiger partial charge in [0, 0.05) is 0 Å². The fraction of sp³-hybridized carbons (Fsp3) is 0.278. The van der Waals surface area contributed by atoms with Gasteiger partial charge in [-0.25, -0.2) is 4.79 Å². The second-order valence-electron chi connectivity index (χ2n) is 6.21. The van der Waals surface area contributed by atoms with E-state index >= 15 is 0 Å². The lowest BCUT2D eigenvalue weighted by atomic mass is 9.92. The van der Waals surface area contributed by atoms with Gasteiger partial charge in [-0.2, -0.15) is 8.78 Å². The number of imide groups is 1. The Labute approximate surface area is 158 Å². The van der Waals surface area contributed by atoms with Gasteiger partial charge in [-0.1, -0.05) is 12.1 Å². The fourth-order valence-electron chi connectivity index (χ4n) is 2.80. The van der Waals surface area contributed by atoms with Crippen molar-refractivity contribution in [2.75, 3.05) is 6.54 Å². The summed E-state index contributed by atoms with van der Waals surface area (Å²) in [6.45, 7) is -1.84. The molecular weight excluding hydrogens is 376 g/mol. The van der Waals surface area contributed by atoms with Crippen LogP contribution in [-0.4, -0.2) is 35.9 Å². The number of rotatable bonds is 7. The van der Waals surface area contributed by atoms with E-state index in [9.17, 15) is 23.2 Å². The predicted octanol–water partition coefficient (Wildman–Crippen LogP) is 1.96. The van der Waals surface area contributed by atoms with Gasteiger partial charge in [0.15, 0.2) is 0 Å². The third-order valence-corrected chi connectivity index (χ3v) is 4.27. The molecule has 1 aromatic carbocycles. The molecule has 8 nitrogen and oxygen atoms in total. The fourth-order valence-corrected chi connectivity index (χ4v) is 2.80. The Balaban J connectivity index is 1.67. The molecule has 0 saturated carbocycles. The Morgan fingerprint density at radius 2 is 2.00 bits per heavy atom. The number of ether oxygens (including phenoxy) is 1. The van der Waals surface area contributed by atoms with E-state index in [2.05, 4.69) is 15.4 Å². The Morgan fingerprint density at radius 3 is 2.61 bits per heavy atom. The molecular formula is C18H17F2N3O5. The zero-order valence-electron chi connectivity index (χ0n) is 14.8. The lowest BCUT2D eigenvalue weighted by Crippen LogP contribution is -2.43. The van der Waals surface area contributed by atoms with Crippen LogP contribution in [-0.2, 0) is 21.7 Å². The van der Waals surface area contributed by atoms with Crippen molar-refractivity contribution in [3.8, 4) is 5.75 Å².